The second-order valence-corrected chi connectivity index (χ2v) is 3.82. The van der Waals surface area contributed by atoms with Crippen LogP contribution in [-0.4, -0.2) is 41.9 Å². The van der Waals surface area contributed by atoms with Gasteiger partial charge >= 0.3 is 5.97 Å². The molecule has 1 aromatic heterocycles. The van der Waals surface area contributed by atoms with E-state index >= 15 is 0 Å². The first-order valence-electron chi connectivity index (χ1n) is 6.06. The highest BCUT2D eigenvalue weighted by atomic mass is 16.7. The lowest BCUT2D eigenvalue weighted by Crippen LogP contribution is -2.06. The van der Waals surface area contributed by atoms with E-state index in [1.165, 1.54) is 0 Å². The number of nitrogens with zero attached hydrogens (tertiary/aromatic N) is 2. The number of nitrogens with one attached hydrogen (secondary N) is 1. The number of rotatable bonds is 6. The van der Waals surface area contributed by atoms with E-state index in [0.717, 1.165) is 0 Å². The first kappa shape index (κ1) is 14.0. The van der Waals surface area contributed by atoms with E-state index < -0.39 is 5.97 Å². The van der Waals surface area contributed by atoms with Gasteiger partial charge in [-0.15, -0.1) is 5.10 Å². The summed E-state index contributed by atoms with van der Waals surface area (Å²) in [6, 6.07) is 7.14. The normalized spacial score (nSPS) is 10.3. The molecule has 0 amide bonds. The average molecular weight is 277 g/mol. The number of aromatic amines is 1. The fourth-order valence-corrected chi connectivity index (χ4v) is 1.63. The van der Waals surface area contributed by atoms with Crippen molar-refractivity contribution in [2.24, 2.45) is 0 Å². The molecular weight excluding hydrogens is 262 g/mol. The molecule has 20 heavy (non-hydrogen) atoms. The van der Waals surface area contributed by atoms with Gasteiger partial charge in [0.1, 0.15) is 11.4 Å². The highest BCUT2D eigenvalue weighted by molar-refractivity contribution is 5.93. The monoisotopic (exact) mass is 277 g/mol. The van der Waals surface area contributed by atoms with Gasteiger partial charge in [-0.05, 0) is 19.1 Å². The third-order valence-electron chi connectivity index (χ3n) is 2.47. The lowest BCUT2D eigenvalue weighted by atomic mass is 10.1. The second kappa shape index (κ2) is 6.67. The number of hydrogen-bond acceptors (Lipinski definition) is 6. The molecule has 2 aromatic rings. The summed E-state index contributed by atoms with van der Waals surface area (Å²) in [5.41, 5.74) is 1.28. The lowest BCUT2D eigenvalue weighted by Gasteiger charge is -2.06. The van der Waals surface area contributed by atoms with Crippen molar-refractivity contribution in [2.75, 3.05) is 20.5 Å². The van der Waals surface area contributed by atoms with E-state index in [0.29, 0.717) is 17.0 Å². The number of benzene rings is 1. The maximum atomic E-state index is 11.8. The maximum absolute atomic E-state index is 11.8. The minimum atomic E-state index is -0.514. The molecule has 1 aromatic carbocycles. The molecule has 0 unspecified atom stereocenters. The molecule has 0 radical (unpaired) electrons. The van der Waals surface area contributed by atoms with Crippen LogP contribution in [0.2, 0.25) is 0 Å². The van der Waals surface area contributed by atoms with Gasteiger partial charge in [0.25, 0.3) is 0 Å². The molecule has 7 nitrogen and oxygen atoms in total. The predicted octanol–water partition coefficient (Wildman–Crippen LogP) is 1.63. The van der Waals surface area contributed by atoms with Gasteiger partial charge in [0.15, 0.2) is 12.5 Å². The van der Waals surface area contributed by atoms with Crippen molar-refractivity contribution in [2.45, 2.75) is 6.92 Å². The molecule has 0 fully saturated rings. The van der Waals surface area contributed by atoms with Gasteiger partial charge in [-0.25, -0.2) is 4.79 Å². The molecule has 0 saturated carbocycles. The number of H-pyrrole nitrogens is 1. The Morgan fingerprint density at radius 3 is 2.95 bits per heavy atom. The Balaban J connectivity index is 2.27. The average Bonchev–Trinajstić information content (AvgIpc) is 2.95. The van der Waals surface area contributed by atoms with Crippen molar-refractivity contribution in [1.82, 2.24) is 15.4 Å². The van der Waals surface area contributed by atoms with E-state index in [9.17, 15) is 4.79 Å². The van der Waals surface area contributed by atoms with Crippen LogP contribution in [-0.2, 0) is 9.47 Å². The summed E-state index contributed by atoms with van der Waals surface area (Å²) in [6.07, 6.45) is 0. The summed E-state index contributed by atoms with van der Waals surface area (Å²) >= 11 is 0. The number of aromatic nitrogens is 3. The summed E-state index contributed by atoms with van der Waals surface area (Å²) in [6.45, 7) is 2.16. The number of carbonyl (C=O) groups is 1. The molecular formula is C13H15N3O4. The summed E-state index contributed by atoms with van der Waals surface area (Å²) in [5.74, 6) is 0.0987. The van der Waals surface area contributed by atoms with Gasteiger partial charge in [-0.2, -0.15) is 10.3 Å². The smallest absolute Gasteiger partial charge is 0.361 e. The summed E-state index contributed by atoms with van der Waals surface area (Å²) in [4.78, 5) is 11.8. The van der Waals surface area contributed by atoms with E-state index in [-0.39, 0.29) is 19.1 Å². The Hall–Kier alpha value is -2.41. The molecule has 0 aliphatic heterocycles. The quantitative estimate of drug-likeness (QED) is 0.638. The van der Waals surface area contributed by atoms with Crippen LogP contribution < -0.4 is 4.74 Å². The largest absolute Gasteiger partial charge is 0.468 e. The fourth-order valence-electron chi connectivity index (χ4n) is 1.63. The van der Waals surface area contributed by atoms with Gasteiger partial charge in [0.05, 0.1) is 6.61 Å². The Kier molecular flexibility index (Phi) is 4.67. The van der Waals surface area contributed by atoms with Crippen molar-refractivity contribution >= 4 is 5.97 Å². The first-order valence-corrected chi connectivity index (χ1v) is 6.06. The Bertz CT molecular complexity index is 583. The van der Waals surface area contributed by atoms with Gasteiger partial charge in [0.2, 0.25) is 0 Å². The standard InChI is InChI=1S/C13H15N3O4/c1-3-19-13(17)12-11(14-16-15-12)9-5-4-6-10(7-9)20-8-18-2/h4-7H,3,8H2,1-2H3,(H,14,15,16). The van der Waals surface area contributed by atoms with Gasteiger partial charge in [0, 0.05) is 12.7 Å². The SMILES string of the molecule is CCOC(=O)c1n[nH]nc1-c1cccc(OCOC)c1. The maximum Gasteiger partial charge on any atom is 0.361 e. The molecule has 0 aliphatic rings. The van der Waals surface area contributed by atoms with Gasteiger partial charge in [-0.1, -0.05) is 12.1 Å². The third-order valence-corrected chi connectivity index (χ3v) is 2.47. The van der Waals surface area contributed by atoms with E-state index in [1.807, 2.05) is 0 Å². The van der Waals surface area contributed by atoms with Crippen LogP contribution in [0.25, 0.3) is 11.3 Å². The lowest BCUT2D eigenvalue weighted by molar-refractivity contribution is 0.0509. The van der Waals surface area contributed by atoms with E-state index in [4.69, 9.17) is 14.2 Å². The third kappa shape index (κ3) is 3.12. The zero-order chi connectivity index (χ0) is 14.4. The second-order valence-electron chi connectivity index (χ2n) is 3.82. The molecule has 0 atom stereocenters. The Labute approximate surface area is 115 Å². The molecule has 2 rings (SSSR count). The molecule has 1 heterocycles. The highest BCUT2D eigenvalue weighted by Crippen LogP contribution is 2.24. The molecule has 0 spiro atoms. The molecule has 0 bridgehead atoms. The van der Waals surface area contributed by atoms with E-state index in [1.54, 1.807) is 38.3 Å². The minimum Gasteiger partial charge on any atom is -0.468 e. The summed E-state index contributed by atoms with van der Waals surface area (Å²) < 4.78 is 15.1. The van der Waals surface area contributed by atoms with Crippen molar-refractivity contribution in [3.8, 4) is 17.0 Å². The van der Waals surface area contributed by atoms with Crippen LogP contribution in [0, 0.1) is 0 Å². The van der Waals surface area contributed by atoms with Crippen molar-refractivity contribution in [3.63, 3.8) is 0 Å². The molecule has 0 saturated heterocycles. The number of carbonyl (C=O) groups excluding carboxylic acids is 1. The fraction of sp³-hybridized carbons (Fsp3) is 0.308. The van der Waals surface area contributed by atoms with Gasteiger partial charge in [-0.3, -0.25) is 0 Å². The van der Waals surface area contributed by atoms with Crippen LogP contribution in [0.4, 0.5) is 0 Å². The summed E-state index contributed by atoms with van der Waals surface area (Å²) in [7, 11) is 1.54. The zero-order valence-electron chi connectivity index (χ0n) is 11.3. The Morgan fingerprint density at radius 1 is 1.35 bits per heavy atom. The molecule has 7 heteroatoms. The predicted molar refractivity (Wildman–Crippen MR) is 70.3 cm³/mol. The van der Waals surface area contributed by atoms with E-state index in [2.05, 4.69) is 15.4 Å². The van der Waals surface area contributed by atoms with Crippen molar-refractivity contribution in [3.05, 3.63) is 30.0 Å². The highest BCUT2D eigenvalue weighted by Gasteiger charge is 2.19. The topological polar surface area (TPSA) is 86.3 Å². The minimum absolute atomic E-state index is 0.146. The van der Waals surface area contributed by atoms with Crippen LogP contribution in [0.5, 0.6) is 5.75 Å². The molecule has 1 N–H and O–H groups in total. The zero-order valence-corrected chi connectivity index (χ0v) is 11.3. The van der Waals surface area contributed by atoms with Crippen molar-refractivity contribution < 1.29 is 19.0 Å². The number of ether oxygens (including phenoxy) is 3. The Morgan fingerprint density at radius 2 is 2.20 bits per heavy atom. The first-order chi connectivity index (χ1) is 9.76. The van der Waals surface area contributed by atoms with Gasteiger partial charge < -0.3 is 14.2 Å². The number of methoxy groups -OCH3 is 1. The summed E-state index contributed by atoms with van der Waals surface area (Å²) in [5, 5.41) is 10.2. The van der Waals surface area contributed by atoms with Crippen LogP contribution in [0.3, 0.4) is 0 Å². The number of hydrogen-bond donors (Lipinski definition) is 1. The van der Waals surface area contributed by atoms with Crippen LogP contribution in [0.15, 0.2) is 24.3 Å². The van der Waals surface area contributed by atoms with Crippen molar-refractivity contribution in [1.29, 1.82) is 0 Å². The van der Waals surface area contributed by atoms with Crippen LogP contribution in [0.1, 0.15) is 17.4 Å². The molecule has 0 aliphatic carbocycles. The molecule has 106 valence electrons. The van der Waals surface area contributed by atoms with Crippen LogP contribution >= 0.6 is 0 Å². The number of esters is 1.